The summed E-state index contributed by atoms with van der Waals surface area (Å²) in [7, 11) is 0. The van der Waals surface area contributed by atoms with Crippen LogP contribution in [-0.2, 0) is 0 Å². The van der Waals surface area contributed by atoms with Gasteiger partial charge in [0.2, 0.25) is 0 Å². The lowest BCUT2D eigenvalue weighted by Gasteiger charge is -2.06. The minimum atomic E-state index is -2.67. The molecule has 5 heteroatoms. The number of rotatable bonds is 2. The van der Waals surface area contributed by atoms with Gasteiger partial charge in [0.05, 0.1) is 4.47 Å². The van der Waals surface area contributed by atoms with Crippen molar-refractivity contribution in [3.63, 3.8) is 0 Å². The third-order valence-corrected chi connectivity index (χ3v) is 2.44. The Labute approximate surface area is 82.1 Å². The van der Waals surface area contributed by atoms with Crippen molar-refractivity contribution < 1.29 is 13.6 Å². The summed E-state index contributed by atoms with van der Waals surface area (Å²) in [6.07, 6.45) is -0.878. The normalized spacial score (nSPS) is 10.5. The van der Waals surface area contributed by atoms with E-state index in [9.17, 15) is 13.6 Å². The zero-order valence-electron chi connectivity index (χ0n) is 6.72. The predicted molar refractivity (Wildman–Crippen MR) is 47.0 cm³/mol. The summed E-state index contributed by atoms with van der Waals surface area (Å²) < 4.78 is 24.6. The second-order valence-electron chi connectivity index (χ2n) is 2.47. The lowest BCUT2D eigenvalue weighted by molar-refractivity contribution is 0.112. The molecule has 13 heavy (non-hydrogen) atoms. The average molecular weight is 250 g/mol. The predicted octanol–water partition coefficient (Wildman–Crippen LogP) is 2.90. The van der Waals surface area contributed by atoms with Gasteiger partial charge in [-0.1, -0.05) is 0 Å². The molecule has 0 atom stereocenters. The Hall–Kier alpha value is -0.840. The number of aromatic nitrogens is 1. The van der Waals surface area contributed by atoms with Gasteiger partial charge in [-0.25, -0.2) is 8.78 Å². The zero-order chi connectivity index (χ0) is 10.0. The van der Waals surface area contributed by atoms with Gasteiger partial charge in [0.1, 0.15) is 5.69 Å². The van der Waals surface area contributed by atoms with Gasteiger partial charge in [0.25, 0.3) is 6.43 Å². The van der Waals surface area contributed by atoms with E-state index in [1.165, 1.54) is 6.20 Å². The highest BCUT2D eigenvalue weighted by molar-refractivity contribution is 9.10. The maximum Gasteiger partial charge on any atom is 0.281 e. The summed E-state index contributed by atoms with van der Waals surface area (Å²) >= 11 is 2.92. The second-order valence-corrected chi connectivity index (χ2v) is 3.27. The highest BCUT2D eigenvalue weighted by atomic mass is 79.9. The van der Waals surface area contributed by atoms with E-state index in [-0.39, 0.29) is 10.0 Å². The Bertz CT molecular complexity index is 341. The molecule has 0 saturated heterocycles. The lowest BCUT2D eigenvalue weighted by atomic mass is 10.1. The molecule has 0 fully saturated rings. The molecule has 0 unspecified atom stereocenters. The van der Waals surface area contributed by atoms with Crippen molar-refractivity contribution in [2.24, 2.45) is 0 Å². The van der Waals surface area contributed by atoms with Crippen molar-refractivity contribution >= 4 is 22.2 Å². The van der Waals surface area contributed by atoms with Gasteiger partial charge in [0, 0.05) is 11.8 Å². The van der Waals surface area contributed by atoms with Crippen molar-refractivity contribution in [3.05, 3.63) is 27.5 Å². The van der Waals surface area contributed by atoms with Crippen molar-refractivity contribution in [2.45, 2.75) is 13.3 Å². The van der Waals surface area contributed by atoms with Crippen molar-refractivity contribution in [1.82, 2.24) is 4.98 Å². The molecule has 0 N–H and O–H groups in total. The number of carbonyl (C=O) groups is 1. The molecule has 0 saturated carbocycles. The molecular weight excluding hydrogens is 244 g/mol. The number of hydrogen-bond acceptors (Lipinski definition) is 2. The molecule has 0 amide bonds. The summed E-state index contributed by atoms with van der Waals surface area (Å²) in [5, 5.41) is 0. The molecule has 1 heterocycles. The quantitative estimate of drug-likeness (QED) is 0.755. The van der Waals surface area contributed by atoms with Crippen LogP contribution in [0.2, 0.25) is 0 Å². The smallest absolute Gasteiger partial charge is 0.281 e. The van der Waals surface area contributed by atoms with Crippen LogP contribution in [0.25, 0.3) is 0 Å². The van der Waals surface area contributed by atoms with Crippen LogP contribution >= 0.6 is 15.9 Å². The molecule has 0 aliphatic carbocycles. The highest BCUT2D eigenvalue weighted by Gasteiger charge is 2.17. The van der Waals surface area contributed by atoms with E-state index >= 15 is 0 Å². The van der Waals surface area contributed by atoms with Crippen molar-refractivity contribution in [1.29, 1.82) is 0 Å². The Balaban J connectivity index is 3.35. The molecule has 1 rings (SSSR count). The van der Waals surface area contributed by atoms with Gasteiger partial charge in [-0.3, -0.25) is 9.78 Å². The van der Waals surface area contributed by atoms with E-state index in [4.69, 9.17) is 0 Å². The molecule has 0 radical (unpaired) electrons. The van der Waals surface area contributed by atoms with E-state index < -0.39 is 12.1 Å². The van der Waals surface area contributed by atoms with Gasteiger partial charge in [0.15, 0.2) is 6.29 Å². The van der Waals surface area contributed by atoms with Crippen molar-refractivity contribution in [2.75, 3.05) is 0 Å². The number of carbonyl (C=O) groups excluding carboxylic acids is 1. The fourth-order valence-corrected chi connectivity index (χ4v) is 1.58. The van der Waals surface area contributed by atoms with Gasteiger partial charge in [-0.2, -0.15) is 0 Å². The molecule has 1 aromatic heterocycles. The van der Waals surface area contributed by atoms with Crippen LogP contribution < -0.4 is 0 Å². The molecular formula is C8H6BrF2NO. The van der Waals surface area contributed by atoms with Gasteiger partial charge < -0.3 is 0 Å². The van der Waals surface area contributed by atoms with E-state index in [0.717, 1.165) is 0 Å². The largest absolute Gasteiger partial charge is 0.298 e. The molecule has 2 nitrogen and oxygen atoms in total. The first-order valence-electron chi connectivity index (χ1n) is 3.46. The number of halogens is 3. The number of alkyl halides is 2. The third-order valence-electron chi connectivity index (χ3n) is 1.61. The lowest BCUT2D eigenvalue weighted by Crippen LogP contribution is -1.98. The molecule has 0 aliphatic heterocycles. The SMILES string of the molecule is Cc1cnc(C(F)F)c(Br)c1C=O. The Morgan fingerprint density at radius 3 is 2.69 bits per heavy atom. The summed E-state index contributed by atoms with van der Waals surface area (Å²) in [5.41, 5.74) is 0.407. The van der Waals surface area contributed by atoms with Crippen LogP contribution in [0.15, 0.2) is 10.7 Å². The monoisotopic (exact) mass is 249 g/mol. The minimum Gasteiger partial charge on any atom is -0.298 e. The van der Waals surface area contributed by atoms with Crippen LogP contribution in [0.4, 0.5) is 8.78 Å². The van der Waals surface area contributed by atoms with Crippen LogP contribution in [0.1, 0.15) is 28.0 Å². The zero-order valence-corrected chi connectivity index (χ0v) is 8.31. The summed E-state index contributed by atoms with van der Waals surface area (Å²) in [6, 6.07) is 0. The van der Waals surface area contributed by atoms with Crippen LogP contribution in [-0.4, -0.2) is 11.3 Å². The van der Waals surface area contributed by atoms with Gasteiger partial charge >= 0.3 is 0 Å². The van der Waals surface area contributed by atoms with Gasteiger partial charge in [-0.05, 0) is 28.4 Å². The van der Waals surface area contributed by atoms with Crippen LogP contribution in [0.3, 0.4) is 0 Å². The average Bonchev–Trinajstić information content (AvgIpc) is 2.04. The van der Waals surface area contributed by atoms with E-state index in [1.54, 1.807) is 6.92 Å². The van der Waals surface area contributed by atoms with Crippen molar-refractivity contribution in [3.8, 4) is 0 Å². The number of pyridine rings is 1. The fourth-order valence-electron chi connectivity index (χ4n) is 0.900. The molecule has 0 spiro atoms. The molecule has 0 bridgehead atoms. The first-order valence-corrected chi connectivity index (χ1v) is 4.25. The highest BCUT2D eigenvalue weighted by Crippen LogP contribution is 2.28. The third kappa shape index (κ3) is 1.91. The molecule has 0 aliphatic rings. The van der Waals surface area contributed by atoms with E-state index in [1.807, 2.05) is 0 Å². The maximum absolute atomic E-state index is 12.3. The Morgan fingerprint density at radius 2 is 2.23 bits per heavy atom. The Morgan fingerprint density at radius 1 is 1.62 bits per heavy atom. The summed E-state index contributed by atoms with van der Waals surface area (Å²) in [6.45, 7) is 1.64. The van der Waals surface area contributed by atoms with E-state index in [0.29, 0.717) is 11.8 Å². The van der Waals surface area contributed by atoms with Crippen LogP contribution in [0.5, 0.6) is 0 Å². The summed E-state index contributed by atoms with van der Waals surface area (Å²) in [4.78, 5) is 14.1. The van der Waals surface area contributed by atoms with Gasteiger partial charge in [-0.15, -0.1) is 0 Å². The topological polar surface area (TPSA) is 30.0 Å². The molecule has 70 valence electrons. The molecule has 0 aromatic carbocycles. The number of aryl methyl sites for hydroxylation is 1. The number of hydrogen-bond donors (Lipinski definition) is 0. The minimum absolute atomic E-state index is 0.0810. The number of nitrogens with zero attached hydrogens (tertiary/aromatic N) is 1. The fraction of sp³-hybridized carbons (Fsp3) is 0.250. The standard InChI is InChI=1S/C8H6BrF2NO/c1-4-2-12-7(8(10)11)6(9)5(4)3-13/h2-3,8H,1H3. The summed E-state index contributed by atoms with van der Waals surface area (Å²) in [5.74, 6) is 0. The first kappa shape index (κ1) is 10.2. The van der Waals surface area contributed by atoms with E-state index in [2.05, 4.69) is 20.9 Å². The Kier molecular flexibility index (Phi) is 3.08. The molecule has 1 aromatic rings. The first-order chi connectivity index (χ1) is 6.07. The van der Waals surface area contributed by atoms with Crippen LogP contribution in [0, 0.1) is 6.92 Å². The second kappa shape index (κ2) is 3.91. The number of aldehydes is 1. The maximum atomic E-state index is 12.3.